The van der Waals surface area contributed by atoms with Crippen LogP contribution in [0.3, 0.4) is 0 Å². The number of benzene rings is 3. The van der Waals surface area contributed by atoms with Crippen LogP contribution in [0.2, 0.25) is 36.3 Å². The highest BCUT2D eigenvalue weighted by molar-refractivity contribution is 6.74. The third-order valence-corrected chi connectivity index (χ3v) is 20.2. The normalized spacial score (nSPS) is 16.1. The van der Waals surface area contributed by atoms with Crippen LogP contribution in [0.25, 0.3) is 0 Å². The zero-order chi connectivity index (χ0) is 34.7. The highest BCUT2D eigenvalue weighted by atomic mass is 28.4. The molecule has 0 bridgehead atoms. The first kappa shape index (κ1) is 37.4. The summed E-state index contributed by atoms with van der Waals surface area (Å²) in [6.07, 6.45) is 2.04. The summed E-state index contributed by atoms with van der Waals surface area (Å²) in [7, 11) is -0.446. The molecule has 1 aliphatic carbocycles. The summed E-state index contributed by atoms with van der Waals surface area (Å²) in [5.74, 6) is 2.02. The Morgan fingerprint density at radius 3 is 1.34 bits per heavy atom. The van der Waals surface area contributed by atoms with Gasteiger partial charge in [0.25, 0.3) is 0 Å². The van der Waals surface area contributed by atoms with Gasteiger partial charge in [0, 0.05) is 18.6 Å². The Kier molecular flexibility index (Phi) is 11.3. The highest BCUT2D eigenvalue weighted by Gasteiger charge is 2.50. The molecule has 0 aliphatic heterocycles. The first-order valence-corrected chi connectivity index (χ1v) is 23.0. The Morgan fingerprint density at radius 2 is 0.979 bits per heavy atom. The van der Waals surface area contributed by atoms with Crippen LogP contribution in [0, 0.1) is 11.3 Å². The second-order valence-electron chi connectivity index (χ2n) is 16.7. The molecule has 3 aromatic carbocycles. The number of rotatable bonds is 14. The molecular formula is C40H60O5Si2. The molecule has 1 saturated carbocycles. The topological polar surface area (TPSA) is 46.2 Å². The maximum Gasteiger partial charge on any atom is 0.192 e. The standard InChI is InChI=1S/C40H60O5Si2/c1-37(2,3)46(9,10)44-29-39(30-45-47(11,12)38(4,5)6)26-31(27-39)28-43-40(32-16-14-13-15-17-32,33-18-22-35(41-7)23-19-33)34-20-24-36(42-8)25-21-34/h13-25,31H,26-30H2,1-12H3. The average Bonchev–Trinajstić information content (AvgIpc) is 3.01. The van der Waals surface area contributed by atoms with Gasteiger partial charge in [0.2, 0.25) is 0 Å². The molecule has 5 nitrogen and oxygen atoms in total. The van der Waals surface area contributed by atoms with Crippen LogP contribution in [0.1, 0.15) is 71.1 Å². The monoisotopic (exact) mass is 676 g/mol. The van der Waals surface area contributed by atoms with Gasteiger partial charge in [-0.1, -0.05) is 96.1 Å². The molecule has 258 valence electrons. The van der Waals surface area contributed by atoms with E-state index in [2.05, 4.69) is 122 Å². The molecule has 0 aromatic heterocycles. The first-order chi connectivity index (χ1) is 21.9. The van der Waals surface area contributed by atoms with E-state index in [0.29, 0.717) is 12.5 Å². The van der Waals surface area contributed by atoms with Crippen molar-refractivity contribution in [3.8, 4) is 11.5 Å². The number of hydrogen-bond acceptors (Lipinski definition) is 5. The Bertz CT molecular complexity index is 1340. The maximum absolute atomic E-state index is 7.29. The lowest BCUT2D eigenvalue weighted by atomic mass is 9.63. The van der Waals surface area contributed by atoms with Crippen molar-refractivity contribution in [2.24, 2.45) is 11.3 Å². The largest absolute Gasteiger partial charge is 0.497 e. The molecule has 0 heterocycles. The lowest BCUT2D eigenvalue weighted by Crippen LogP contribution is -2.53. The molecule has 1 aliphatic rings. The molecule has 0 amide bonds. The van der Waals surface area contributed by atoms with Gasteiger partial charge in [-0.05, 0) is 96.0 Å². The fraction of sp³-hybridized carbons (Fsp3) is 0.550. The predicted octanol–water partition coefficient (Wildman–Crippen LogP) is 10.5. The number of methoxy groups -OCH3 is 2. The second-order valence-corrected chi connectivity index (χ2v) is 26.3. The van der Waals surface area contributed by atoms with Crippen LogP contribution >= 0.6 is 0 Å². The van der Waals surface area contributed by atoms with E-state index in [9.17, 15) is 0 Å². The van der Waals surface area contributed by atoms with Crippen molar-refractivity contribution < 1.29 is 23.1 Å². The van der Waals surface area contributed by atoms with E-state index in [1.165, 1.54) is 0 Å². The fourth-order valence-corrected chi connectivity index (χ4v) is 8.18. The van der Waals surface area contributed by atoms with Gasteiger partial charge in [0.15, 0.2) is 16.6 Å². The van der Waals surface area contributed by atoms with Gasteiger partial charge < -0.3 is 23.1 Å². The molecule has 0 N–H and O–H groups in total. The van der Waals surface area contributed by atoms with Crippen molar-refractivity contribution >= 4 is 16.6 Å². The van der Waals surface area contributed by atoms with Crippen LogP contribution in [0.5, 0.6) is 11.5 Å². The molecule has 0 atom stereocenters. The summed E-state index contributed by atoms with van der Waals surface area (Å²) in [5, 5.41) is 0.319. The predicted molar refractivity (Wildman–Crippen MR) is 200 cm³/mol. The van der Waals surface area contributed by atoms with E-state index in [-0.39, 0.29) is 15.5 Å². The third-order valence-electron chi connectivity index (χ3n) is 11.2. The smallest absolute Gasteiger partial charge is 0.192 e. The quantitative estimate of drug-likeness (QED) is 0.126. The van der Waals surface area contributed by atoms with Crippen LogP contribution in [-0.2, 0) is 19.2 Å². The van der Waals surface area contributed by atoms with Gasteiger partial charge in [-0.3, -0.25) is 0 Å². The zero-order valence-electron chi connectivity index (χ0n) is 31.2. The van der Waals surface area contributed by atoms with Crippen LogP contribution < -0.4 is 9.47 Å². The molecule has 7 heteroatoms. The van der Waals surface area contributed by atoms with Crippen LogP contribution in [-0.4, -0.2) is 50.7 Å². The minimum atomic E-state index is -1.92. The highest BCUT2D eigenvalue weighted by Crippen LogP contribution is 2.51. The van der Waals surface area contributed by atoms with Crippen molar-refractivity contribution in [3.05, 3.63) is 95.6 Å². The molecular weight excluding hydrogens is 617 g/mol. The summed E-state index contributed by atoms with van der Waals surface area (Å²) in [6, 6.07) is 27.1. The lowest BCUT2D eigenvalue weighted by molar-refractivity contribution is -0.0933. The molecule has 0 saturated heterocycles. The Balaban J connectivity index is 1.66. The molecule has 47 heavy (non-hydrogen) atoms. The summed E-state index contributed by atoms with van der Waals surface area (Å²) in [4.78, 5) is 0. The molecule has 3 aromatic rings. The van der Waals surface area contributed by atoms with E-state index in [1.807, 2.05) is 24.3 Å². The number of ether oxygens (including phenoxy) is 3. The summed E-state index contributed by atoms with van der Waals surface area (Å²) >= 11 is 0. The SMILES string of the molecule is COc1ccc(C(OCC2CC(CO[Si](C)(C)C(C)(C)C)(CO[Si](C)(C)C(C)(C)C)C2)(c2ccccc2)c2ccc(OC)cc2)cc1. The van der Waals surface area contributed by atoms with Crippen molar-refractivity contribution in [3.63, 3.8) is 0 Å². The lowest BCUT2D eigenvalue weighted by Gasteiger charge is -2.52. The molecule has 1 fully saturated rings. The van der Waals surface area contributed by atoms with Gasteiger partial charge >= 0.3 is 0 Å². The van der Waals surface area contributed by atoms with Gasteiger partial charge in [0.1, 0.15) is 17.1 Å². The minimum Gasteiger partial charge on any atom is -0.497 e. The maximum atomic E-state index is 7.29. The first-order valence-electron chi connectivity index (χ1n) is 17.1. The minimum absolute atomic E-state index is 0.00526. The van der Waals surface area contributed by atoms with E-state index in [0.717, 1.165) is 54.2 Å². The third kappa shape index (κ3) is 8.24. The molecule has 0 spiro atoms. The van der Waals surface area contributed by atoms with Gasteiger partial charge in [-0.25, -0.2) is 0 Å². The Morgan fingerprint density at radius 1 is 0.596 bits per heavy atom. The number of hydrogen-bond donors (Lipinski definition) is 0. The van der Waals surface area contributed by atoms with Crippen molar-refractivity contribution in [2.45, 2.75) is 96.2 Å². The summed E-state index contributed by atoms with van der Waals surface area (Å²) in [6.45, 7) is 25.4. The second kappa shape index (κ2) is 14.2. The average molecular weight is 677 g/mol. The van der Waals surface area contributed by atoms with Crippen LogP contribution in [0.4, 0.5) is 0 Å². The molecule has 0 radical (unpaired) electrons. The van der Waals surface area contributed by atoms with E-state index in [1.54, 1.807) is 14.2 Å². The van der Waals surface area contributed by atoms with Crippen molar-refractivity contribution in [1.82, 2.24) is 0 Å². The van der Waals surface area contributed by atoms with Crippen molar-refractivity contribution in [1.29, 1.82) is 0 Å². The Hall–Kier alpha value is -2.43. The summed E-state index contributed by atoms with van der Waals surface area (Å²) < 4.78 is 32.2. The van der Waals surface area contributed by atoms with Gasteiger partial charge in [-0.2, -0.15) is 0 Å². The van der Waals surface area contributed by atoms with Crippen LogP contribution in [0.15, 0.2) is 78.9 Å². The van der Waals surface area contributed by atoms with Gasteiger partial charge in [-0.15, -0.1) is 0 Å². The van der Waals surface area contributed by atoms with E-state index >= 15 is 0 Å². The molecule has 4 rings (SSSR count). The van der Waals surface area contributed by atoms with E-state index in [4.69, 9.17) is 23.1 Å². The fourth-order valence-electron chi connectivity index (χ4n) is 5.98. The van der Waals surface area contributed by atoms with Crippen molar-refractivity contribution in [2.75, 3.05) is 34.0 Å². The molecule has 0 unspecified atom stereocenters. The van der Waals surface area contributed by atoms with E-state index < -0.39 is 22.2 Å². The summed E-state index contributed by atoms with van der Waals surface area (Å²) in [5.41, 5.74) is 2.39. The van der Waals surface area contributed by atoms with Gasteiger partial charge in [0.05, 0.1) is 20.8 Å². The zero-order valence-corrected chi connectivity index (χ0v) is 33.2. The Labute approximate surface area is 287 Å².